The Balaban J connectivity index is 1.81. The molecule has 2 aromatic heterocycles. The zero-order valence-electron chi connectivity index (χ0n) is 13.2. The van der Waals surface area contributed by atoms with Crippen LogP contribution in [0.2, 0.25) is 0 Å². The predicted molar refractivity (Wildman–Crippen MR) is 87.4 cm³/mol. The normalized spacial score (nSPS) is 19.1. The molecule has 2 N–H and O–H groups in total. The van der Waals surface area contributed by atoms with Gasteiger partial charge in [-0.15, -0.1) is 0 Å². The Morgan fingerprint density at radius 1 is 1.35 bits per heavy atom. The SMILES string of the molecule is Cc1[nH]cnc1C(O)C1CCc2c(C)c3ccccc3n2C1=O. The van der Waals surface area contributed by atoms with Crippen LogP contribution in [0.4, 0.5) is 0 Å². The van der Waals surface area contributed by atoms with Gasteiger partial charge in [-0.05, 0) is 38.3 Å². The topological polar surface area (TPSA) is 70.9 Å². The second kappa shape index (κ2) is 5.06. The van der Waals surface area contributed by atoms with Gasteiger partial charge >= 0.3 is 0 Å². The maximum absolute atomic E-state index is 13.1. The van der Waals surface area contributed by atoms with Crippen LogP contribution in [-0.2, 0) is 6.42 Å². The molecule has 0 amide bonds. The highest BCUT2D eigenvalue weighted by Crippen LogP contribution is 2.36. The first-order valence-corrected chi connectivity index (χ1v) is 7.90. The lowest BCUT2D eigenvalue weighted by molar-refractivity contribution is 0.0530. The molecule has 3 aromatic rings. The van der Waals surface area contributed by atoms with E-state index in [1.165, 1.54) is 0 Å². The summed E-state index contributed by atoms with van der Waals surface area (Å²) in [6.45, 7) is 3.93. The summed E-state index contributed by atoms with van der Waals surface area (Å²) >= 11 is 0. The van der Waals surface area contributed by atoms with Crippen molar-refractivity contribution < 1.29 is 9.90 Å². The maximum Gasteiger partial charge on any atom is 0.237 e. The molecule has 1 aliphatic rings. The van der Waals surface area contributed by atoms with Gasteiger partial charge in [-0.25, -0.2) is 4.98 Å². The zero-order chi connectivity index (χ0) is 16.1. The molecule has 1 aliphatic heterocycles. The van der Waals surface area contributed by atoms with Crippen LogP contribution in [0.15, 0.2) is 30.6 Å². The lowest BCUT2D eigenvalue weighted by atomic mass is 9.89. The lowest BCUT2D eigenvalue weighted by Gasteiger charge is -2.27. The number of imidazole rings is 1. The van der Waals surface area contributed by atoms with Gasteiger partial charge in [-0.1, -0.05) is 18.2 Å². The fraction of sp³-hybridized carbons (Fsp3) is 0.333. The highest BCUT2D eigenvalue weighted by molar-refractivity contribution is 5.97. The number of aliphatic hydroxyl groups excluding tert-OH is 1. The molecular weight excluding hydrogens is 290 g/mol. The molecule has 3 heterocycles. The number of rotatable bonds is 2. The second-order valence-corrected chi connectivity index (χ2v) is 6.27. The van der Waals surface area contributed by atoms with E-state index in [0.717, 1.165) is 34.3 Å². The van der Waals surface area contributed by atoms with E-state index in [2.05, 4.69) is 16.9 Å². The summed E-state index contributed by atoms with van der Waals surface area (Å²) in [6, 6.07) is 7.95. The Morgan fingerprint density at radius 2 is 2.13 bits per heavy atom. The first-order valence-electron chi connectivity index (χ1n) is 7.90. The summed E-state index contributed by atoms with van der Waals surface area (Å²) in [4.78, 5) is 20.2. The minimum Gasteiger partial charge on any atom is -0.386 e. The molecule has 0 saturated carbocycles. The molecule has 0 radical (unpaired) electrons. The van der Waals surface area contributed by atoms with Crippen LogP contribution in [0.5, 0.6) is 0 Å². The van der Waals surface area contributed by atoms with Gasteiger partial charge in [-0.2, -0.15) is 0 Å². The number of para-hydroxylation sites is 1. The first-order chi connectivity index (χ1) is 11.1. The largest absolute Gasteiger partial charge is 0.386 e. The van der Waals surface area contributed by atoms with Gasteiger partial charge in [-0.3, -0.25) is 9.36 Å². The lowest BCUT2D eigenvalue weighted by Crippen LogP contribution is -2.33. The fourth-order valence-electron chi connectivity index (χ4n) is 3.74. The van der Waals surface area contributed by atoms with Crippen LogP contribution in [0.3, 0.4) is 0 Å². The third-order valence-electron chi connectivity index (χ3n) is 5.01. The van der Waals surface area contributed by atoms with E-state index in [1.807, 2.05) is 31.2 Å². The summed E-state index contributed by atoms with van der Waals surface area (Å²) in [5.74, 6) is -0.495. The molecule has 2 atom stereocenters. The van der Waals surface area contributed by atoms with Crippen LogP contribution in [0.25, 0.3) is 10.9 Å². The van der Waals surface area contributed by atoms with E-state index in [9.17, 15) is 9.90 Å². The first kappa shape index (κ1) is 14.2. The second-order valence-electron chi connectivity index (χ2n) is 6.27. The number of aromatic amines is 1. The van der Waals surface area contributed by atoms with Crippen molar-refractivity contribution in [1.82, 2.24) is 14.5 Å². The summed E-state index contributed by atoms with van der Waals surface area (Å²) < 4.78 is 1.80. The molecule has 23 heavy (non-hydrogen) atoms. The number of hydrogen-bond acceptors (Lipinski definition) is 3. The molecule has 4 rings (SSSR count). The van der Waals surface area contributed by atoms with Crippen molar-refractivity contribution in [2.24, 2.45) is 5.92 Å². The summed E-state index contributed by atoms with van der Waals surface area (Å²) in [7, 11) is 0. The van der Waals surface area contributed by atoms with E-state index in [-0.39, 0.29) is 5.91 Å². The van der Waals surface area contributed by atoms with Gasteiger partial charge in [0.25, 0.3) is 0 Å². The number of H-pyrrole nitrogens is 1. The standard InChI is InChI=1S/C18H19N3O2/c1-10-12-5-3-4-6-15(12)21-14(10)8-7-13(18(21)23)17(22)16-11(2)19-9-20-16/h3-6,9,13,17,22H,7-8H2,1-2H3,(H,19,20). The molecule has 5 heteroatoms. The summed E-state index contributed by atoms with van der Waals surface area (Å²) in [5.41, 5.74) is 4.54. The molecule has 1 aromatic carbocycles. The number of fused-ring (bicyclic) bond motifs is 3. The molecule has 5 nitrogen and oxygen atoms in total. The van der Waals surface area contributed by atoms with Crippen LogP contribution in [0.1, 0.15) is 40.0 Å². The van der Waals surface area contributed by atoms with Crippen molar-refractivity contribution in [1.29, 1.82) is 0 Å². The molecule has 0 aliphatic carbocycles. The fourth-order valence-corrected chi connectivity index (χ4v) is 3.74. The monoisotopic (exact) mass is 309 g/mol. The van der Waals surface area contributed by atoms with E-state index in [4.69, 9.17) is 0 Å². The van der Waals surface area contributed by atoms with Crippen LogP contribution >= 0.6 is 0 Å². The van der Waals surface area contributed by atoms with E-state index in [1.54, 1.807) is 10.9 Å². The number of nitrogens with zero attached hydrogens (tertiary/aromatic N) is 2. The highest BCUT2D eigenvalue weighted by Gasteiger charge is 2.36. The van der Waals surface area contributed by atoms with Gasteiger partial charge in [0, 0.05) is 16.8 Å². The van der Waals surface area contributed by atoms with Crippen LogP contribution in [-0.4, -0.2) is 25.5 Å². The average Bonchev–Trinajstić information content (AvgIpc) is 3.10. The average molecular weight is 309 g/mol. The third kappa shape index (κ3) is 1.96. The summed E-state index contributed by atoms with van der Waals surface area (Å²) in [6.07, 6.45) is 2.12. The predicted octanol–water partition coefficient (Wildman–Crippen LogP) is 2.92. The number of benzene rings is 1. The van der Waals surface area contributed by atoms with Crippen molar-refractivity contribution in [3.8, 4) is 0 Å². The van der Waals surface area contributed by atoms with Crippen molar-refractivity contribution in [3.63, 3.8) is 0 Å². The smallest absolute Gasteiger partial charge is 0.237 e. The third-order valence-corrected chi connectivity index (χ3v) is 5.01. The maximum atomic E-state index is 13.1. The number of carbonyl (C=O) groups excluding carboxylic acids is 1. The number of carbonyl (C=O) groups is 1. The Kier molecular flexibility index (Phi) is 3.13. The Labute approximate surface area is 134 Å². The quantitative estimate of drug-likeness (QED) is 0.764. The van der Waals surface area contributed by atoms with Crippen molar-refractivity contribution in [2.75, 3.05) is 0 Å². The van der Waals surface area contributed by atoms with Gasteiger partial charge in [0.2, 0.25) is 5.91 Å². The zero-order valence-corrected chi connectivity index (χ0v) is 13.2. The van der Waals surface area contributed by atoms with E-state index in [0.29, 0.717) is 12.1 Å². The molecule has 2 unspecified atom stereocenters. The highest BCUT2D eigenvalue weighted by atomic mass is 16.3. The molecule has 0 saturated heterocycles. The van der Waals surface area contributed by atoms with Crippen LogP contribution in [0, 0.1) is 19.8 Å². The molecular formula is C18H19N3O2. The number of aryl methyl sites for hydroxylation is 2. The number of aliphatic hydroxyl groups is 1. The molecule has 0 spiro atoms. The number of aromatic nitrogens is 3. The Morgan fingerprint density at radius 3 is 2.87 bits per heavy atom. The number of nitrogens with one attached hydrogen (secondary N) is 1. The van der Waals surface area contributed by atoms with E-state index < -0.39 is 12.0 Å². The molecule has 0 bridgehead atoms. The van der Waals surface area contributed by atoms with Gasteiger partial charge in [0.1, 0.15) is 6.10 Å². The Hall–Kier alpha value is -2.40. The molecule has 118 valence electrons. The van der Waals surface area contributed by atoms with Gasteiger partial charge in [0.05, 0.1) is 23.5 Å². The van der Waals surface area contributed by atoms with Crippen molar-refractivity contribution >= 4 is 16.8 Å². The molecule has 0 fully saturated rings. The van der Waals surface area contributed by atoms with Gasteiger partial charge in [0.15, 0.2) is 0 Å². The minimum atomic E-state index is -0.872. The van der Waals surface area contributed by atoms with Gasteiger partial charge < -0.3 is 10.1 Å². The van der Waals surface area contributed by atoms with Crippen molar-refractivity contribution in [2.45, 2.75) is 32.8 Å². The summed E-state index contributed by atoms with van der Waals surface area (Å²) in [5, 5.41) is 11.8. The van der Waals surface area contributed by atoms with Crippen LogP contribution < -0.4 is 0 Å². The number of hydrogen-bond donors (Lipinski definition) is 2. The Bertz CT molecular complexity index is 906. The van der Waals surface area contributed by atoms with Crippen molar-refractivity contribution in [3.05, 3.63) is 53.2 Å². The minimum absolute atomic E-state index is 0.0366. The van der Waals surface area contributed by atoms with E-state index >= 15 is 0 Å².